The second kappa shape index (κ2) is 4.81. The molecule has 5 heteroatoms. The fourth-order valence-electron chi connectivity index (χ4n) is 2.72. The molecule has 2 aromatic carbocycles. The van der Waals surface area contributed by atoms with E-state index in [2.05, 4.69) is 19.6 Å². The minimum atomic E-state index is -1.72. The van der Waals surface area contributed by atoms with E-state index in [4.69, 9.17) is 0 Å². The van der Waals surface area contributed by atoms with Gasteiger partial charge >= 0.3 is 0 Å². The predicted molar refractivity (Wildman–Crippen MR) is 82.1 cm³/mol. The van der Waals surface area contributed by atoms with Crippen molar-refractivity contribution >= 4 is 13.6 Å². The van der Waals surface area contributed by atoms with E-state index in [0.717, 1.165) is 24.3 Å². The molecule has 1 aliphatic carbocycles. The number of fused-ring (bicyclic) bond motifs is 3. The van der Waals surface area contributed by atoms with Gasteiger partial charge in [-0.05, 0) is 52.1 Å². The first-order valence-corrected chi connectivity index (χ1v) is 10.5. The Morgan fingerprint density at radius 2 is 0.955 bits per heavy atom. The van der Waals surface area contributed by atoms with Gasteiger partial charge in [0.2, 0.25) is 0 Å². The van der Waals surface area contributed by atoms with Gasteiger partial charge < -0.3 is 0 Å². The van der Waals surface area contributed by atoms with Crippen LogP contribution in [0.3, 0.4) is 0 Å². The molecule has 0 fully saturated rings. The van der Waals surface area contributed by atoms with E-state index < -0.39 is 31.3 Å². The van der Waals surface area contributed by atoms with Crippen LogP contribution in [0.4, 0.5) is 17.6 Å². The van der Waals surface area contributed by atoms with Crippen molar-refractivity contribution in [3.05, 3.63) is 64.4 Å². The third-order valence-electron chi connectivity index (χ3n) is 3.57. The first-order chi connectivity index (χ1) is 10.2. The highest BCUT2D eigenvalue weighted by Crippen LogP contribution is 2.46. The van der Waals surface area contributed by atoms with E-state index in [9.17, 15) is 17.6 Å². The number of benzene rings is 2. The van der Waals surface area contributed by atoms with Gasteiger partial charge in [-0.3, -0.25) is 0 Å². The van der Waals surface area contributed by atoms with Gasteiger partial charge in [-0.25, -0.2) is 17.6 Å². The Kier molecular flexibility index (Phi) is 3.29. The quantitative estimate of drug-likeness (QED) is 0.408. The Hall–Kier alpha value is -1.88. The minimum Gasteiger partial charge on any atom is -0.204 e. The maximum atomic E-state index is 13.6. The van der Waals surface area contributed by atoms with Gasteiger partial charge in [0.05, 0.1) is 8.07 Å². The number of rotatable bonds is 1. The summed E-state index contributed by atoms with van der Waals surface area (Å²) in [6, 6.07) is 4.30. The van der Waals surface area contributed by atoms with Crippen LogP contribution in [-0.2, 0) is 0 Å². The van der Waals surface area contributed by atoms with Crippen LogP contribution in [0.5, 0.6) is 0 Å². The minimum absolute atomic E-state index is 0.400. The molecule has 0 atom stereocenters. The molecule has 0 saturated carbocycles. The molecule has 0 heterocycles. The molecule has 22 heavy (non-hydrogen) atoms. The largest absolute Gasteiger partial charge is 0.204 e. The molecule has 114 valence electrons. The summed E-state index contributed by atoms with van der Waals surface area (Å²) in [5, 5.41) is 0. The summed E-state index contributed by atoms with van der Waals surface area (Å²) >= 11 is 0. The number of halogens is 4. The summed E-state index contributed by atoms with van der Waals surface area (Å²) < 4.78 is 54.4. The normalized spacial score (nSPS) is 13.1. The van der Waals surface area contributed by atoms with Crippen LogP contribution in [0.25, 0.3) is 16.7 Å². The molecular formula is C17H14F4Si. The molecular weight excluding hydrogens is 308 g/mol. The summed E-state index contributed by atoms with van der Waals surface area (Å²) in [5.74, 6) is -3.92. The summed E-state index contributed by atoms with van der Waals surface area (Å²) in [4.78, 5) is 0. The molecule has 1 aliphatic rings. The maximum absolute atomic E-state index is 13.6. The molecule has 0 spiro atoms. The average molecular weight is 322 g/mol. The SMILES string of the molecule is C[Si](C)(C)C=C1c2cc(F)c(F)cc2-c2cc(F)c(F)cc21. The smallest absolute Gasteiger partial charge is 0.159 e. The fourth-order valence-corrected chi connectivity index (χ4v) is 3.90. The fraction of sp³-hybridized carbons (Fsp3) is 0.176. The first-order valence-electron chi connectivity index (χ1n) is 6.89. The van der Waals surface area contributed by atoms with Crippen molar-refractivity contribution < 1.29 is 17.6 Å². The molecule has 0 N–H and O–H groups in total. The lowest BCUT2D eigenvalue weighted by atomic mass is 10.1. The van der Waals surface area contributed by atoms with Crippen LogP contribution in [0, 0.1) is 23.3 Å². The number of hydrogen-bond acceptors (Lipinski definition) is 0. The van der Waals surface area contributed by atoms with E-state index in [1.54, 1.807) is 0 Å². The average Bonchev–Trinajstić information content (AvgIpc) is 2.64. The van der Waals surface area contributed by atoms with E-state index in [-0.39, 0.29) is 0 Å². The zero-order valence-corrected chi connectivity index (χ0v) is 13.4. The van der Waals surface area contributed by atoms with Crippen LogP contribution in [0.15, 0.2) is 30.0 Å². The number of hydrogen-bond donors (Lipinski definition) is 0. The van der Waals surface area contributed by atoms with E-state index >= 15 is 0 Å². The van der Waals surface area contributed by atoms with Gasteiger partial charge in [0.15, 0.2) is 23.3 Å². The second-order valence-electron chi connectivity index (χ2n) is 6.55. The Morgan fingerprint density at radius 1 is 0.636 bits per heavy atom. The van der Waals surface area contributed by atoms with Crippen LogP contribution in [0.1, 0.15) is 11.1 Å². The Balaban J connectivity index is 2.38. The van der Waals surface area contributed by atoms with Crippen LogP contribution < -0.4 is 0 Å². The predicted octanol–water partition coefficient (Wildman–Crippen LogP) is 5.53. The lowest BCUT2D eigenvalue weighted by molar-refractivity contribution is 0.508. The zero-order valence-electron chi connectivity index (χ0n) is 12.4. The lowest BCUT2D eigenvalue weighted by Crippen LogP contribution is -2.16. The van der Waals surface area contributed by atoms with Crippen LogP contribution in [-0.4, -0.2) is 8.07 Å². The van der Waals surface area contributed by atoms with Crippen LogP contribution in [0.2, 0.25) is 19.6 Å². The van der Waals surface area contributed by atoms with E-state index in [1.807, 2.05) is 5.70 Å². The van der Waals surface area contributed by atoms with Crippen LogP contribution >= 0.6 is 0 Å². The third-order valence-corrected chi connectivity index (χ3v) is 4.72. The van der Waals surface area contributed by atoms with Gasteiger partial charge in [0, 0.05) is 0 Å². The molecule has 0 bridgehead atoms. The summed E-state index contributed by atoms with van der Waals surface area (Å²) in [6.45, 7) is 6.24. The molecule has 3 rings (SSSR count). The van der Waals surface area contributed by atoms with E-state index in [0.29, 0.717) is 27.8 Å². The van der Waals surface area contributed by atoms with Crippen molar-refractivity contribution in [1.29, 1.82) is 0 Å². The van der Waals surface area contributed by atoms with Gasteiger partial charge in [-0.1, -0.05) is 25.3 Å². The second-order valence-corrected chi connectivity index (χ2v) is 11.6. The summed E-state index contributed by atoms with van der Waals surface area (Å²) in [5.41, 5.74) is 4.42. The van der Waals surface area contributed by atoms with Crippen molar-refractivity contribution in [2.45, 2.75) is 19.6 Å². The van der Waals surface area contributed by atoms with Crippen molar-refractivity contribution in [3.63, 3.8) is 0 Å². The van der Waals surface area contributed by atoms with Gasteiger partial charge in [-0.15, -0.1) is 0 Å². The highest BCUT2D eigenvalue weighted by Gasteiger charge is 2.28. The highest BCUT2D eigenvalue weighted by molar-refractivity contribution is 6.82. The molecule has 0 amide bonds. The molecule has 0 saturated heterocycles. The molecule has 2 aromatic rings. The summed E-state index contributed by atoms with van der Waals surface area (Å²) in [7, 11) is -1.72. The lowest BCUT2D eigenvalue weighted by Gasteiger charge is -2.13. The Bertz CT molecular complexity index is 757. The van der Waals surface area contributed by atoms with Gasteiger partial charge in [-0.2, -0.15) is 0 Å². The summed E-state index contributed by atoms with van der Waals surface area (Å²) in [6.07, 6.45) is 0. The zero-order chi connectivity index (χ0) is 16.2. The van der Waals surface area contributed by atoms with Crippen molar-refractivity contribution in [3.8, 4) is 11.1 Å². The topological polar surface area (TPSA) is 0 Å². The Morgan fingerprint density at radius 3 is 1.27 bits per heavy atom. The van der Waals surface area contributed by atoms with Crippen molar-refractivity contribution in [2.24, 2.45) is 0 Å². The molecule has 0 unspecified atom stereocenters. The van der Waals surface area contributed by atoms with Gasteiger partial charge in [0.25, 0.3) is 0 Å². The highest BCUT2D eigenvalue weighted by atomic mass is 28.3. The standard InChI is InChI=1S/C17H14F4Si/c1-22(2,3)8-13-11-6-16(20)14(18)4-9(11)10-5-15(19)17(21)7-12(10)13/h4-8H,1-3H3. The maximum Gasteiger partial charge on any atom is 0.159 e. The van der Waals surface area contributed by atoms with E-state index in [1.165, 1.54) is 0 Å². The first kappa shape index (κ1) is 15.0. The van der Waals surface area contributed by atoms with Gasteiger partial charge in [0.1, 0.15) is 0 Å². The molecule has 0 aliphatic heterocycles. The van der Waals surface area contributed by atoms with Crippen molar-refractivity contribution in [1.82, 2.24) is 0 Å². The third kappa shape index (κ3) is 2.39. The molecule has 0 aromatic heterocycles. The Labute approximate surface area is 127 Å². The molecule has 0 nitrogen and oxygen atoms in total. The van der Waals surface area contributed by atoms with Crippen molar-refractivity contribution in [2.75, 3.05) is 0 Å². The monoisotopic (exact) mass is 322 g/mol. The molecule has 0 radical (unpaired) electrons.